The van der Waals surface area contributed by atoms with Crippen LogP contribution in [0.25, 0.3) is 0 Å². The van der Waals surface area contributed by atoms with E-state index < -0.39 is 15.6 Å². The second-order valence-corrected chi connectivity index (χ2v) is 7.66. The van der Waals surface area contributed by atoms with Crippen LogP contribution in [0, 0.1) is 0 Å². The van der Waals surface area contributed by atoms with Crippen molar-refractivity contribution in [3.8, 4) is 0 Å². The molecule has 28 heavy (non-hydrogen) atoms. The largest absolute Gasteiger partial charge is 0.382 e. The predicted molar refractivity (Wildman–Crippen MR) is 105 cm³/mol. The highest BCUT2D eigenvalue weighted by molar-refractivity contribution is 7.98. The summed E-state index contributed by atoms with van der Waals surface area (Å²) in [7, 11) is -3.85. The average Bonchev–Trinajstić information content (AvgIpc) is 2.68. The number of aromatic nitrogens is 4. The third-order valence-corrected chi connectivity index (χ3v) is 5.22. The first kappa shape index (κ1) is 19.4. The Morgan fingerprint density at radius 3 is 2.43 bits per heavy atom. The van der Waals surface area contributed by atoms with Gasteiger partial charge in [-0.05, 0) is 36.6 Å². The molecular formula is C15H14N8O3S2. The van der Waals surface area contributed by atoms with Gasteiger partial charge in [-0.2, -0.15) is 5.11 Å². The molecule has 1 aromatic carbocycles. The van der Waals surface area contributed by atoms with Crippen LogP contribution in [0.15, 0.2) is 67.8 Å². The molecule has 0 saturated heterocycles. The van der Waals surface area contributed by atoms with E-state index in [-0.39, 0.29) is 22.3 Å². The third-order valence-electron chi connectivity index (χ3n) is 3.30. The molecule has 0 bridgehead atoms. The van der Waals surface area contributed by atoms with Crippen molar-refractivity contribution in [2.75, 3.05) is 16.7 Å². The number of hydrogen-bond donors (Lipinski definition) is 3. The van der Waals surface area contributed by atoms with Gasteiger partial charge in [0.2, 0.25) is 5.95 Å². The maximum atomic E-state index is 12.3. The fourth-order valence-electron chi connectivity index (χ4n) is 1.99. The number of hydrogen-bond acceptors (Lipinski definition) is 10. The quantitative estimate of drug-likeness (QED) is 0.310. The normalized spacial score (nSPS) is 11.6. The van der Waals surface area contributed by atoms with Crippen LogP contribution < -0.4 is 16.0 Å². The first-order valence-electron chi connectivity index (χ1n) is 7.64. The van der Waals surface area contributed by atoms with Gasteiger partial charge in [0.15, 0.2) is 16.7 Å². The Labute approximate surface area is 163 Å². The van der Waals surface area contributed by atoms with Crippen molar-refractivity contribution in [1.29, 1.82) is 0 Å². The van der Waals surface area contributed by atoms with E-state index in [1.807, 2.05) is 0 Å². The Hall–Kier alpha value is -3.32. The Morgan fingerprint density at radius 2 is 1.82 bits per heavy atom. The maximum absolute atomic E-state index is 12.3. The Bertz CT molecular complexity index is 1160. The van der Waals surface area contributed by atoms with Gasteiger partial charge in [-0.1, -0.05) is 11.8 Å². The topological polar surface area (TPSA) is 168 Å². The molecule has 13 heteroatoms. The monoisotopic (exact) mass is 418 g/mol. The zero-order chi connectivity index (χ0) is 20.1. The van der Waals surface area contributed by atoms with Crippen molar-refractivity contribution in [3.63, 3.8) is 0 Å². The molecule has 3 rings (SSSR count). The van der Waals surface area contributed by atoms with Crippen LogP contribution in [0.4, 0.5) is 23.1 Å². The summed E-state index contributed by atoms with van der Waals surface area (Å²) < 4.78 is 26.9. The van der Waals surface area contributed by atoms with Crippen LogP contribution in [0.2, 0.25) is 0 Å². The third kappa shape index (κ3) is 4.50. The van der Waals surface area contributed by atoms with E-state index in [9.17, 15) is 13.2 Å². The summed E-state index contributed by atoms with van der Waals surface area (Å²) in [5, 5.41) is 8.08. The van der Waals surface area contributed by atoms with Crippen LogP contribution >= 0.6 is 11.8 Å². The Balaban J connectivity index is 1.80. The molecule has 0 amide bonds. The summed E-state index contributed by atoms with van der Waals surface area (Å²) in [6.07, 6.45) is 4.58. The van der Waals surface area contributed by atoms with Crippen molar-refractivity contribution in [2.24, 2.45) is 10.2 Å². The van der Waals surface area contributed by atoms with Crippen LogP contribution in [0.1, 0.15) is 0 Å². The number of nitrogens with two attached hydrogens (primary N) is 1. The fourth-order valence-corrected chi connectivity index (χ4v) is 3.33. The highest BCUT2D eigenvalue weighted by atomic mass is 32.2. The van der Waals surface area contributed by atoms with E-state index in [1.54, 1.807) is 12.3 Å². The molecule has 0 aliphatic rings. The predicted octanol–water partition coefficient (Wildman–Crippen LogP) is 2.08. The van der Waals surface area contributed by atoms with E-state index in [1.165, 1.54) is 48.4 Å². The number of benzene rings is 1. The lowest BCUT2D eigenvalue weighted by Crippen LogP contribution is -2.14. The molecule has 3 aromatic rings. The van der Waals surface area contributed by atoms with Crippen LogP contribution in [-0.2, 0) is 10.0 Å². The molecule has 11 nitrogen and oxygen atoms in total. The first-order valence-corrected chi connectivity index (χ1v) is 10.4. The molecule has 144 valence electrons. The van der Waals surface area contributed by atoms with Gasteiger partial charge in [0, 0.05) is 12.4 Å². The van der Waals surface area contributed by atoms with E-state index >= 15 is 0 Å². The highest BCUT2D eigenvalue weighted by Crippen LogP contribution is 2.22. The van der Waals surface area contributed by atoms with Crippen molar-refractivity contribution in [2.45, 2.75) is 10.1 Å². The summed E-state index contributed by atoms with van der Waals surface area (Å²) in [6, 6.07) is 7.10. The first-order chi connectivity index (χ1) is 13.4. The van der Waals surface area contributed by atoms with Crippen molar-refractivity contribution < 1.29 is 8.42 Å². The fraction of sp³-hybridized carbons (Fsp3) is 0.0667. The minimum atomic E-state index is -3.85. The number of anilines is 2. The smallest absolute Gasteiger partial charge is 0.281 e. The minimum Gasteiger partial charge on any atom is -0.382 e. The molecule has 2 heterocycles. The molecule has 0 radical (unpaired) electrons. The zero-order valence-corrected chi connectivity index (χ0v) is 16.0. The zero-order valence-electron chi connectivity index (χ0n) is 14.4. The van der Waals surface area contributed by atoms with E-state index in [4.69, 9.17) is 5.73 Å². The van der Waals surface area contributed by atoms with Crippen LogP contribution in [0.3, 0.4) is 0 Å². The van der Waals surface area contributed by atoms with Gasteiger partial charge in [0.05, 0.1) is 10.6 Å². The standard InChI is InChI=1S/C15H14N8O3S2/c1-27-15-19-12(16)11(13(24)20-15)22-21-9-3-5-10(6-4-9)28(25,26)23-14-17-7-2-8-18-14/h2-8H,1H3,(H,17,18,23)(H3,16,19,20,24). The Kier molecular flexibility index (Phi) is 5.65. The molecule has 0 fully saturated rings. The minimum absolute atomic E-state index is 0.0118. The van der Waals surface area contributed by atoms with Gasteiger partial charge in [-0.3, -0.25) is 9.78 Å². The highest BCUT2D eigenvalue weighted by Gasteiger charge is 2.15. The molecule has 0 atom stereocenters. The van der Waals surface area contributed by atoms with Crippen LogP contribution in [0.5, 0.6) is 0 Å². The lowest BCUT2D eigenvalue weighted by atomic mass is 10.3. The number of nitrogens with one attached hydrogen (secondary N) is 2. The summed E-state index contributed by atoms with van der Waals surface area (Å²) in [6.45, 7) is 0. The second kappa shape index (κ2) is 8.14. The molecule has 0 spiro atoms. The number of nitrogen functional groups attached to an aromatic ring is 1. The molecule has 4 N–H and O–H groups in total. The SMILES string of the molecule is CSc1nc(N)c(N=Nc2ccc(S(=O)(=O)Nc3ncccn3)cc2)c(=O)[nH]1. The van der Waals surface area contributed by atoms with Gasteiger partial charge in [-0.15, -0.1) is 5.11 Å². The molecule has 0 saturated carbocycles. The molecule has 2 aromatic heterocycles. The van der Waals surface area contributed by atoms with Gasteiger partial charge in [-0.25, -0.2) is 28.1 Å². The number of aromatic amines is 1. The second-order valence-electron chi connectivity index (χ2n) is 5.18. The molecule has 0 unspecified atom stereocenters. The molecule has 0 aliphatic carbocycles. The van der Waals surface area contributed by atoms with Crippen LogP contribution in [-0.4, -0.2) is 34.6 Å². The van der Waals surface area contributed by atoms with Crippen molar-refractivity contribution >= 4 is 44.9 Å². The number of azo groups is 1. The van der Waals surface area contributed by atoms with E-state index in [0.717, 1.165) is 0 Å². The average molecular weight is 418 g/mol. The molecular weight excluding hydrogens is 404 g/mol. The maximum Gasteiger partial charge on any atom is 0.281 e. The van der Waals surface area contributed by atoms with E-state index in [2.05, 4.69) is 34.9 Å². The molecule has 0 aliphatic heterocycles. The lowest BCUT2D eigenvalue weighted by molar-refractivity contribution is 0.601. The summed E-state index contributed by atoms with van der Waals surface area (Å²) >= 11 is 1.23. The van der Waals surface area contributed by atoms with E-state index in [0.29, 0.717) is 10.8 Å². The number of thioether (sulfide) groups is 1. The number of H-pyrrole nitrogens is 1. The van der Waals surface area contributed by atoms with Gasteiger partial charge >= 0.3 is 0 Å². The van der Waals surface area contributed by atoms with Crippen molar-refractivity contribution in [3.05, 3.63) is 53.1 Å². The summed E-state index contributed by atoms with van der Waals surface area (Å²) in [5.41, 5.74) is 5.39. The van der Waals surface area contributed by atoms with Crippen molar-refractivity contribution in [1.82, 2.24) is 19.9 Å². The summed E-state index contributed by atoms with van der Waals surface area (Å²) in [5.74, 6) is -0.0923. The summed E-state index contributed by atoms with van der Waals surface area (Å²) in [4.78, 5) is 26.1. The van der Waals surface area contributed by atoms with Gasteiger partial charge < -0.3 is 5.73 Å². The van der Waals surface area contributed by atoms with Gasteiger partial charge in [0.1, 0.15) is 0 Å². The number of nitrogens with zero attached hydrogens (tertiary/aromatic N) is 5. The lowest BCUT2D eigenvalue weighted by Gasteiger charge is -2.06. The van der Waals surface area contributed by atoms with Gasteiger partial charge in [0.25, 0.3) is 15.6 Å². The number of sulfonamides is 1. The number of rotatable bonds is 6. The Morgan fingerprint density at radius 1 is 1.14 bits per heavy atom.